The number of nitrogens with one attached hydrogen (secondary N) is 2. The second-order valence-electron chi connectivity index (χ2n) is 6.02. The molecule has 2 aromatic carbocycles. The molecule has 33 heavy (non-hydrogen) atoms. The van der Waals surface area contributed by atoms with Crippen molar-refractivity contribution < 1.29 is 29.7 Å². The first-order valence-electron chi connectivity index (χ1n) is 9.06. The predicted molar refractivity (Wildman–Crippen MR) is 138 cm³/mol. The van der Waals surface area contributed by atoms with Crippen LogP contribution in [0.4, 0.5) is 11.4 Å². The van der Waals surface area contributed by atoms with Crippen LogP contribution in [0.25, 0.3) is 0 Å². The van der Waals surface area contributed by atoms with E-state index in [9.17, 15) is 0 Å². The number of benzene rings is 2. The Hall–Kier alpha value is -1.72. The summed E-state index contributed by atoms with van der Waals surface area (Å²) < 4.78 is 0. The normalized spacial score (nSPS) is 12.3. The summed E-state index contributed by atoms with van der Waals surface area (Å²) >= 11 is 21.3. The molecule has 0 heterocycles. The molecule has 8 nitrogen and oxygen atoms in total. The number of hydrogen-bond donors (Lipinski definition) is 4. The zero-order valence-corrected chi connectivity index (χ0v) is 24.1. The summed E-state index contributed by atoms with van der Waals surface area (Å²) in [7, 11) is 0. The molecule has 0 radical (unpaired) electrons. The van der Waals surface area contributed by atoms with Gasteiger partial charge in [0, 0.05) is 20.4 Å². The van der Waals surface area contributed by atoms with E-state index >= 15 is 0 Å². The molecule has 2 aromatic rings. The number of halogens is 2. The van der Waals surface area contributed by atoms with Gasteiger partial charge in [-0.3, -0.25) is 20.8 Å². The molecule has 0 unspecified atom stereocenters. The zero-order valence-electron chi connectivity index (χ0n) is 18.0. The first-order valence-corrected chi connectivity index (χ1v) is 10.6. The van der Waals surface area contributed by atoms with E-state index in [0.29, 0.717) is 32.8 Å². The molecule has 0 fully saturated rings. The third kappa shape index (κ3) is 14.9. The van der Waals surface area contributed by atoms with Crippen LogP contribution in [0.2, 0.25) is 10.0 Å². The monoisotopic (exact) mass is 576 g/mol. The minimum absolute atomic E-state index is 0. The summed E-state index contributed by atoms with van der Waals surface area (Å²) in [6.07, 6.45) is 0. The second kappa shape index (κ2) is 17.7. The van der Waals surface area contributed by atoms with Gasteiger partial charge in [0.2, 0.25) is 0 Å². The largest absolute Gasteiger partial charge is 2.00 e. The molecule has 0 amide bonds. The number of hydrogen-bond acceptors (Lipinski definition) is 8. The van der Waals surface area contributed by atoms with Crippen molar-refractivity contribution in [2.75, 3.05) is 13.2 Å². The van der Waals surface area contributed by atoms with Gasteiger partial charge >= 0.3 is 19.5 Å². The Labute approximate surface area is 226 Å². The first-order chi connectivity index (χ1) is 15.2. The maximum atomic E-state index is 8.71. The van der Waals surface area contributed by atoms with Crippen molar-refractivity contribution in [1.82, 2.24) is 10.9 Å². The topological polar surface area (TPSA) is 114 Å². The number of aliphatic hydroxyl groups is 2. The number of aliphatic imine (C=N–C) groups is 2. The Bertz CT molecular complexity index is 892. The van der Waals surface area contributed by atoms with Crippen molar-refractivity contribution in [3.05, 3.63) is 58.6 Å². The van der Waals surface area contributed by atoms with Crippen molar-refractivity contribution in [2.24, 2.45) is 20.2 Å². The van der Waals surface area contributed by atoms with Crippen LogP contribution in [0, 0.1) is 0 Å². The fourth-order valence-corrected chi connectivity index (χ4v) is 2.23. The summed E-state index contributed by atoms with van der Waals surface area (Å²) in [6.45, 7) is 3.13. The molecule has 0 bridgehead atoms. The minimum atomic E-state index is -0.115. The molecule has 0 spiro atoms. The SMILES string of the molecule is C/C(CO)=N\NC([S-])=Nc1ccc(Cl)cc1.C/C(CO)=N\NC([S-])=Nc1ccc(Cl)cc1.[Zn+2]. The fraction of sp³-hybridized carbons (Fsp3) is 0.200. The quantitative estimate of drug-likeness (QED) is 0.137. The fourth-order valence-electron chi connectivity index (χ4n) is 1.67. The summed E-state index contributed by atoms with van der Waals surface area (Å²) in [5.74, 6) is 0. The van der Waals surface area contributed by atoms with Crippen LogP contribution in [0.3, 0.4) is 0 Å². The van der Waals surface area contributed by atoms with Gasteiger partial charge in [-0.1, -0.05) is 23.2 Å². The maximum absolute atomic E-state index is 8.71. The summed E-state index contributed by atoms with van der Waals surface area (Å²) in [6, 6.07) is 13.9. The third-order valence-electron chi connectivity index (χ3n) is 3.26. The molecule has 4 N–H and O–H groups in total. The van der Waals surface area contributed by atoms with E-state index < -0.39 is 0 Å². The summed E-state index contributed by atoms with van der Waals surface area (Å²) in [4.78, 5) is 8.16. The number of amidine groups is 2. The average Bonchev–Trinajstić information content (AvgIpc) is 2.79. The van der Waals surface area contributed by atoms with Crippen molar-refractivity contribution in [3.8, 4) is 0 Å². The third-order valence-corrected chi connectivity index (χ3v) is 4.13. The average molecular weight is 579 g/mol. The molecule has 0 aromatic heterocycles. The Kier molecular flexibility index (Phi) is 16.8. The molecule has 0 atom stereocenters. The molecule has 0 aliphatic heterocycles. The van der Waals surface area contributed by atoms with Crippen LogP contribution in [0.15, 0.2) is 68.7 Å². The number of hydrazone groups is 2. The molecule has 0 aliphatic rings. The molecule has 172 valence electrons. The van der Waals surface area contributed by atoms with Crippen LogP contribution in [0.5, 0.6) is 0 Å². The van der Waals surface area contributed by atoms with E-state index in [2.05, 4.69) is 31.0 Å². The Morgan fingerprint density at radius 2 is 1.03 bits per heavy atom. The standard InChI is InChI=1S/2C10H12ClN3OS.Zn/c2*1-7(6-15)13-14-10(16)12-9-4-2-8(11)3-5-9;/h2*2-5,15H,6H2,1H3,(H2,12,14,16);/q;;+2/p-2/b2*13-7+;. The van der Waals surface area contributed by atoms with Gasteiger partial charge in [-0.15, -0.1) is 0 Å². The first kappa shape index (κ1) is 31.3. The van der Waals surface area contributed by atoms with E-state index in [-0.39, 0.29) is 43.0 Å². The van der Waals surface area contributed by atoms with Gasteiger partial charge in [-0.2, -0.15) is 10.2 Å². The van der Waals surface area contributed by atoms with Gasteiger partial charge in [0.25, 0.3) is 0 Å². The van der Waals surface area contributed by atoms with E-state index in [1.54, 1.807) is 62.4 Å². The minimum Gasteiger partial charge on any atom is -0.741 e. The van der Waals surface area contributed by atoms with Gasteiger partial charge in [0.15, 0.2) is 0 Å². The van der Waals surface area contributed by atoms with Crippen molar-refractivity contribution in [3.63, 3.8) is 0 Å². The van der Waals surface area contributed by atoms with E-state index in [1.807, 2.05) is 0 Å². The zero-order chi connectivity index (χ0) is 23.9. The predicted octanol–water partition coefficient (Wildman–Crippen LogP) is 3.66. The summed E-state index contributed by atoms with van der Waals surface area (Å²) in [5.41, 5.74) is 7.57. The number of aliphatic hydroxyl groups excluding tert-OH is 2. The Morgan fingerprint density at radius 3 is 1.30 bits per heavy atom. The Morgan fingerprint density at radius 1 is 0.727 bits per heavy atom. The molecular weight excluding hydrogens is 557 g/mol. The molecular formula is C20H22Cl2N6O2S2Zn. The molecule has 0 saturated carbocycles. The molecule has 2 rings (SSSR count). The molecule has 13 heteroatoms. The van der Waals surface area contributed by atoms with Gasteiger partial charge in [0.1, 0.15) is 0 Å². The van der Waals surface area contributed by atoms with Crippen LogP contribution < -0.4 is 10.9 Å². The Balaban J connectivity index is 0.000000602. The van der Waals surface area contributed by atoms with Crippen molar-refractivity contribution in [2.45, 2.75) is 13.8 Å². The molecule has 0 aliphatic carbocycles. The summed E-state index contributed by atoms with van der Waals surface area (Å²) in [5, 5.41) is 26.8. The van der Waals surface area contributed by atoms with Crippen molar-refractivity contribution >= 4 is 81.6 Å². The van der Waals surface area contributed by atoms with E-state index in [4.69, 9.17) is 58.7 Å². The number of nitrogens with zero attached hydrogens (tertiary/aromatic N) is 4. The van der Waals surface area contributed by atoms with Crippen LogP contribution in [-0.2, 0) is 44.7 Å². The maximum Gasteiger partial charge on any atom is 2.00 e. The smallest absolute Gasteiger partial charge is 0.741 e. The number of rotatable bonds is 6. The van der Waals surface area contributed by atoms with E-state index in [0.717, 1.165) is 0 Å². The molecule has 0 saturated heterocycles. The van der Waals surface area contributed by atoms with E-state index in [1.165, 1.54) is 0 Å². The second-order valence-corrected chi connectivity index (χ2v) is 7.67. The van der Waals surface area contributed by atoms with Crippen molar-refractivity contribution in [1.29, 1.82) is 0 Å². The van der Waals surface area contributed by atoms with Gasteiger partial charge in [-0.05, 0) is 62.4 Å². The van der Waals surface area contributed by atoms with Gasteiger partial charge in [-0.25, -0.2) is 0 Å². The van der Waals surface area contributed by atoms with Crippen LogP contribution in [0.1, 0.15) is 13.8 Å². The van der Waals surface area contributed by atoms with Crippen LogP contribution >= 0.6 is 23.2 Å². The van der Waals surface area contributed by atoms with Crippen LogP contribution in [-0.4, -0.2) is 45.2 Å². The van der Waals surface area contributed by atoms with Gasteiger partial charge in [0.05, 0.1) is 36.0 Å². The van der Waals surface area contributed by atoms with Gasteiger partial charge < -0.3 is 35.5 Å².